The van der Waals surface area contributed by atoms with E-state index in [1.165, 1.54) is 0 Å². The number of ether oxygens (including phenoxy) is 2. The topological polar surface area (TPSA) is 79.3 Å². The van der Waals surface area contributed by atoms with E-state index >= 15 is 0 Å². The summed E-state index contributed by atoms with van der Waals surface area (Å²) in [5, 5.41) is 11.5. The van der Waals surface area contributed by atoms with Crippen molar-refractivity contribution < 1.29 is 24.2 Å². The molecular weight excluding hydrogens is 480 g/mol. The third-order valence-corrected chi connectivity index (χ3v) is 7.47. The van der Waals surface area contributed by atoms with Gasteiger partial charge in [0.25, 0.3) is 11.7 Å². The molecule has 4 rings (SSSR count). The van der Waals surface area contributed by atoms with Crippen LogP contribution < -0.4 is 9.47 Å². The Balaban J connectivity index is 1.69. The van der Waals surface area contributed by atoms with Crippen LogP contribution in [0.25, 0.3) is 5.76 Å². The number of ketones is 1. The molecule has 2 heterocycles. The van der Waals surface area contributed by atoms with Crippen LogP contribution in [0.5, 0.6) is 11.5 Å². The van der Waals surface area contributed by atoms with Gasteiger partial charge in [0.2, 0.25) is 0 Å². The molecule has 0 radical (unpaired) electrons. The molecule has 1 fully saturated rings. The number of aliphatic hydroxyl groups excluding tert-OH is 1. The Morgan fingerprint density at radius 1 is 1.08 bits per heavy atom. The van der Waals surface area contributed by atoms with Crippen LogP contribution in [-0.2, 0) is 16.0 Å². The van der Waals surface area contributed by atoms with E-state index in [1.807, 2.05) is 43.3 Å². The van der Waals surface area contributed by atoms with Crippen molar-refractivity contribution in [3.8, 4) is 11.5 Å². The van der Waals surface area contributed by atoms with Crippen molar-refractivity contribution in [1.82, 2.24) is 9.80 Å². The van der Waals surface area contributed by atoms with Crippen molar-refractivity contribution in [1.29, 1.82) is 0 Å². The molecule has 7 nitrogen and oxygen atoms in total. The summed E-state index contributed by atoms with van der Waals surface area (Å²) in [7, 11) is 0. The number of fused-ring (bicyclic) bond motifs is 1. The summed E-state index contributed by atoms with van der Waals surface area (Å²) in [4.78, 5) is 30.5. The summed E-state index contributed by atoms with van der Waals surface area (Å²) in [5.74, 6) is 0.150. The molecule has 7 heteroatoms. The second kappa shape index (κ2) is 12.5. The number of likely N-dealkylation sites (tertiary alicyclic amines) is 1. The van der Waals surface area contributed by atoms with Gasteiger partial charge in [0.15, 0.2) is 0 Å². The van der Waals surface area contributed by atoms with Gasteiger partial charge in [-0.2, -0.15) is 0 Å². The van der Waals surface area contributed by atoms with E-state index in [2.05, 4.69) is 25.7 Å². The van der Waals surface area contributed by atoms with Crippen molar-refractivity contribution in [2.75, 3.05) is 32.8 Å². The van der Waals surface area contributed by atoms with Crippen molar-refractivity contribution in [3.63, 3.8) is 0 Å². The van der Waals surface area contributed by atoms with E-state index < -0.39 is 17.7 Å². The maximum atomic E-state index is 13.4. The number of nitrogens with zero attached hydrogens (tertiary/aromatic N) is 2. The van der Waals surface area contributed by atoms with E-state index in [9.17, 15) is 14.7 Å². The fraction of sp³-hybridized carbons (Fsp3) is 0.484. The molecule has 0 aromatic heterocycles. The molecule has 2 aromatic carbocycles. The Morgan fingerprint density at radius 2 is 1.82 bits per heavy atom. The number of aliphatic hydroxyl groups is 1. The first-order valence-corrected chi connectivity index (χ1v) is 13.9. The summed E-state index contributed by atoms with van der Waals surface area (Å²) in [6, 6.07) is 12.3. The molecule has 0 bridgehead atoms. The molecule has 2 aliphatic rings. The Hall–Kier alpha value is -3.32. The highest BCUT2D eigenvalue weighted by Gasteiger charge is 2.46. The van der Waals surface area contributed by atoms with Crippen molar-refractivity contribution in [2.24, 2.45) is 0 Å². The van der Waals surface area contributed by atoms with Gasteiger partial charge >= 0.3 is 0 Å². The van der Waals surface area contributed by atoms with Crippen LogP contribution in [0, 0.1) is 0 Å². The molecule has 2 atom stereocenters. The molecule has 1 amide bonds. The maximum Gasteiger partial charge on any atom is 0.295 e. The molecule has 2 aromatic rings. The number of carbonyl (C=O) groups excluding carboxylic acids is 2. The first-order valence-electron chi connectivity index (χ1n) is 13.9. The SMILES string of the molecule is CCCCCOc1ccc([C@@H]2C(=C(O)c3ccc4c(c3)C[C@@H](C)O4)C(=O)C(=O)N2CCN(CC)CC)cc1. The van der Waals surface area contributed by atoms with Crippen molar-refractivity contribution in [3.05, 3.63) is 64.7 Å². The van der Waals surface area contributed by atoms with E-state index in [-0.39, 0.29) is 17.4 Å². The first kappa shape index (κ1) is 27.7. The summed E-state index contributed by atoms with van der Waals surface area (Å²) >= 11 is 0. The Kier molecular flexibility index (Phi) is 9.10. The van der Waals surface area contributed by atoms with Gasteiger partial charge < -0.3 is 24.4 Å². The number of unbranched alkanes of at least 4 members (excludes halogenated alkanes) is 2. The zero-order valence-corrected chi connectivity index (χ0v) is 23.0. The van der Waals surface area contributed by atoms with Gasteiger partial charge in [-0.05, 0) is 67.9 Å². The predicted molar refractivity (Wildman–Crippen MR) is 148 cm³/mol. The third kappa shape index (κ3) is 5.88. The monoisotopic (exact) mass is 520 g/mol. The molecular formula is C31H40N2O5. The number of rotatable bonds is 12. The Labute approximate surface area is 226 Å². The van der Waals surface area contributed by atoms with Crippen LogP contribution in [0.3, 0.4) is 0 Å². The standard InChI is InChI=1S/C31H40N2O5/c1-5-8-9-18-37-25-13-10-22(11-14-25)28-27(30(35)31(36)33(28)17-16-32(6-2)7-3)29(34)23-12-15-26-24(20-23)19-21(4)38-26/h10-15,20-21,28,34H,5-9,16-19H2,1-4H3/t21-,28-/m1/s1. The average Bonchev–Trinajstić information content (AvgIpc) is 3.42. The highest BCUT2D eigenvalue weighted by molar-refractivity contribution is 6.46. The lowest BCUT2D eigenvalue weighted by Gasteiger charge is -2.28. The molecule has 204 valence electrons. The van der Waals surface area contributed by atoms with Gasteiger partial charge in [0.05, 0.1) is 18.2 Å². The predicted octanol–water partition coefficient (Wildman–Crippen LogP) is 5.34. The molecule has 2 aliphatic heterocycles. The number of likely N-dealkylation sites (N-methyl/N-ethyl adjacent to an activating group) is 1. The highest BCUT2D eigenvalue weighted by atomic mass is 16.5. The minimum Gasteiger partial charge on any atom is -0.507 e. The number of amides is 1. The lowest BCUT2D eigenvalue weighted by molar-refractivity contribution is -0.140. The smallest absolute Gasteiger partial charge is 0.295 e. The molecule has 1 N–H and O–H groups in total. The summed E-state index contributed by atoms with van der Waals surface area (Å²) in [6.45, 7) is 11.7. The highest BCUT2D eigenvalue weighted by Crippen LogP contribution is 2.41. The normalized spacial score (nSPS) is 20.2. The van der Waals surface area contributed by atoms with Gasteiger partial charge in [0.1, 0.15) is 23.4 Å². The number of hydrogen-bond donors (Lipinski definition) is 1. The summed E-state index contributed by atoms with van der Waals surface area (Å²) < 4.78 is 11.7. The van der Waals surface area contributed by atoms with Crippen LogP contribution in [0.15, 0.2) is 48.0 Å². The van der Waals surface area contributed by atoms with E-state index in [0.717, 1.165) is 61.4 Å². The van der Waals surface area contributed by atoms with Gasteiger partial charge in [-0.15, -0.1) is 0 Å². The van der Waals surface area contributed by atoms with E-state index in [4.69, 9.17) is 9.47 Å². The number of hydrogen-bond acceptors (Lipinski definition) is 6. The van der Waals surface area contributed by atoms with Crippen molar-refractivity contribution >= 4 is 17.4 Å². The number of benzene rings is 2. The quantitative estimate of drug-likeness (QED) is 0.176. The van der Waals surface area contributed by atoms with Gasteiger partial charge in [-0.1, -0.05) is 45.7 Å². The fourth-order valence-electron chi connectivity index (χ4n) is 5.26. The minimum atomic E-state index is -0.678. The zero-order chi connectivity index (χ0) is 27.2. The Morgan fingerprint density at radius 3 is 2.50 bits per heavy atom. The molecule has 0 unspecified atom stereocenters. The second-order valence-electron chi connectivity index (χ2n) is 10.1. The van der Waals surface area contributed by atoms with E-state index in [1.54, 1.807) is 11.0 Å². The largest absolute Gasteiger partial charge is 0.507 e. The molecule has 0 spiro atoms. The first-order chi connectivity index (χ1) is 18.4. The average molecular weight is 521 g/mol. The van der Waals surface area contributed by atoms with Crippen LogP contribution >= 0.6 is 0 Å². The summed E-state index contributed by atoms with van der Waals surface area (Å²) in [6.07, 6.45) is 4.04. The molecule has 38 heavy (non-hydrogen) atoms. The van der Waals surface area contributed by atoms with Gasteiger partial charge in [-0.25, -0.2) is 0 Å². The molecule has 0 aliphatic carbocycles. The molecule has 1 saturated heterocycles. The Bertz CT molecular complexity index is 1170. The van der Waals surface area contributed by atoms with Crippen LogP contribution in [0.1, 0.15) is 69.7 Å². The zero-order valence-electron chi connectivity index (χ0n) is 23.0. The number of Topliss-reactive ketones (excluding diaryl/α,β-unsaturated/α-hetero) is 1. The second-order valence-corrected chi connectivity index (χ2v) is 10.1. The minimum absolute atomic E-state index is 0.0655. The molecule has 0 saturated carbocycles. The summed E-state index contributed by atoms with van der Waals surface area (Å²) in [5.41, 5.74) is 2.39. The van der Waals surface area contributed by atoms with Gasteiger partial charge in [0, 0.05) is 25.1 Å². The van der Waals surface area contributed by atoms with Gasteiger partial charge in [-0.3, -0.25) is 9.59 Å². The maximum absolute atomic E-state index is 13.4. The lowest BCUT2D eigenvalue weighted by atomic mass is 9.94. The van der Waals surface area contributed by atoms with E-state index in [0.29, 0.717) is 25.3 Å². The fourth-order valence-corrected chi connectivity index (χ4v) is 5.26. The third-order valence-electron chi connectivity index (χ3n) is 7.47. The van der Waals surface area contributed by atoms with Crippen LogP contribution in [0.4, 0.5) is 0 Å². The number of carbonyl (C=O) groups is 2. The lowest BCUT2D eigenvalue weighted by Crippen LogP contribution is -2.38. The van der Waals surface area contributed by atoms with Crippen LogP contribution in [-0.4, -0.2) is 65.5 Å². The van der Waals surface area contributed by atoms with Crippen LogP contribution in [0.2, 0.25) is 0 Å². The van der Waals surface area contributed by atoms with Crippen molar-refractivity contribution in [2.45, 2.75) is 65.5 Å².